The first kappa shape index (κ1) is 15.5. The van der Waals surface area contributed by atoms with E-state index < -0.39 is 0 Å². The minimum absolute atomic E-state index is 0.0652. The first-order chi connectivity index (χ1) is 9.52. The van der Waals surface area contributed by atoms with Gasteiger partial charge in [-0.25, -0.2) is 4.39 Å². The Balaban J connectivity index is 2.32. The van der Waals surface area contributed by atoms with E-state index in [1.807, 2.05) is 12.1 Å². The van der Waals surface area contributed by atoms with Crippen LogP contribution in [0.2, 0.25) is 0 Å². The Hall–Kier alpha value is -0.870. The fourth-order valence-electron chi connectivity index (χ4n) is 2.11. The molecule has 1 atom stereocenters. The van der Waals surface area contributed by atoms with E-state index in [9.17, 15) is 4.39 Å². The second-order valence-corrected chi connectivity index (χ2v) is 6.57. The van der Waals surface area contributed by atoms with E-state index in [1.54, 1.807) is 13.2 Å². The van der Waals surface area contributed by atoms with Crippen LogP contribution in [0.4, 0.5) is 4.39 Å². The van der Waals surface area contributed by atoms with Gasteiger partial charge in [-0.05, 0) is 46.5 Å². The summed E-state index contributed by atoms with van der Waals surface area (Å²) in [7, 11) is 1.56. The molecule has 2 rings (SSSR count). The zero-order valence-electron chi connectivity index (χ0n) is 11.3. The Morgan fingerprint density at radius 3 is 2.60 bits per heavy atom. The van der Waals surface area contributed by atoms with Crippen molar-refractivity contribution >= 4 is 31.9 Å². The third kappa shape index (κ3) is 3.41. The van der Waals surface area contributed by atoms with Crippen LogP contribution in [0.25, 0.3) is 0 Å². The average molecular weight is 402 g/mol. The van der Waals surface area contributed by atoms with Gasteiger partial charge in [-0.1, -0.05) is 40.2 Å². The highest BCUT2D eigenvalue weighted by Gasteiger charge is 2.17. The quantitative estimate of drug-likeness (QED) is 0.607. The van der Waals surface area contributed by atoms with Crippen LogP contribution in [0, 0.1) is 12.7 Å². The maximum atomic E-state index is 13.6. The van der Waals surface area contributed by atoms with Gasteiger partial charge >= 0.3 is 0 Å². The number of halogens is 3. The van der Waals surface area contributed by atoms with Crippen molar-refractivity contribution in [2.45, 2.75) is 18.2 Å². The third-order valence-electron chi connectivity index (χ3n) is 3.27. The van der Waals surface area contributed by atoms with E-state index in [0.29, 0.717) is 10.2 Å². The van der Waals surface area contributed by atoms with E-state index in [0.717, 1.165) is 12.0 Å². The Morgan fingerprint density at radius 1 is 1.25 bits per heavy atom. The zero-order chi connectivity index (χ0) is 14.7. The van der Waals surface area contributed by atoms with Crippen molar-refractivity contribution < 1.29 is 9.13 Å². The molecule has 0 bridgehead atoms. The van der Waals surface area contributed by atoms with Gasteiger partial charge in [0.25, 0.3) is 0 Å². The standard InChI is InChI=1S/C16H15Br2FO/c1-10-5-3-4-6-11(10)7-13(17)12-8-14(18)15(19)9-16(12)20-2/h3-6,8-9,13H,7H2,1-2H3. The number of methoxy groups -OCH3 is 1. The number of alkyl halides is 1. The van der Waals surface area contributed by atoms with Crippen LogP contribution in [0.3, 0.4) is 0 Å². The Bertz CT molecular complexity index is 613. The van der Waals surface area contributed by atoms with Crippen LogP contribution in [0.15, 0.2) is 40.9 Å². The number of hydrogen-bond acceptors (Lipinski definition) is 1. The molecule has 0 amide bonds. The third-order valence-corrected chi connectivity index (χ3v) is 4.70. The minimum atomic E-state index is -0.318. The van der Waals surface area contributed by atoms with Crippen molar-refractivity contribution in [3.63, 3.8) is 0 Å². The van der Waals surface area contributed by atoms with E-state index in [-0.39, 0.29) is 10.6 Å². The molecule has 2 aromatic rings. The molecule has 0 aromatic heterocycles. The summed E-state index contributed by atoms with van der Waals surface area (Å²) in [5.74, 6) is 0.238. The number of hydrogen-bond donors (Lipinski definition) is 0. The van der Waals surface area contributed by atoms with Crippen LogP contribution >= 0.6 is 31.9 Å². The number of benzene rings is 2. The van der Waals surface area contributed by atoms with Crippen molar-refractivity contribution in [2.24, 2.45) is 0 Å². The molecular formula is C16H15Br2FO. The highest BCUT2D eigenvalue weighted by atomic mass is 79.9. The molecule has 0 spiro atoms. The average Bonchev–Trinajstić information content (AvgIpc) is 2.43. The molecule has 0 saturated carbocycles. The molecule has 106 valence electrons. The largest absolute Gasteiger partial charge is 0.496 e. The highest BCUT2D eigenvalue weighted by molar-refractivity contribution is 9.10. The van der Waals surface area contributed by atoms with Gasteiger partial charge in [0, 0.05) is 16.5 Å². The number of aryl methyl sites for hydroxylation is 1. The fourth-order valence-corrected chi connectivity index (χ4v) is 3.18. The summed E-state index contributed by atoms with van der Waals surface area (Å²) in [6.07, 6.45) is 0.821. The topological polar surface area (TPSA) is 9.23 Å². The molecule has 0 aliphatic rings. The summed E-state index contributed by atoms with van der Waals surface area (Å²) in [5, 5.41) is 0. The lowest BCUT2D eigenvalue weighted by molar-refractivity contribution is 0.405. The van der Waals surface area contributed by atoms with Crippen molar-refractivity contribution in [1.82, 2.24) is 0 Å². The summed E-state index contributed by atoms with van der Waals surface area (Å²) in [5.41, 5.74) is 3.44. The van der Waals surface area contributed by atoms with Crippen LogP contribution in [-0.4, -0.2) is 7.11 Å². The maximum absolute atomic E-state index is 13.6. The molecule has 20 heavy (non-hydrogen) atoms. The predicted molar refractivity (Wildman–Crippen MR) is 87.2 cm³/mol. The van der Waals surface area contributed by atoms with Gasteiger partial charge < -0.3 is 4.74 Å². The summed E-state index contributed by atoms with van der Waals surface area (Å²) < 4.78 is 19.3. The van der Waals surface area contributed by atoms with Crippen LogP contribution < -0.4 is 4.74 Å². The predicted octanol–water partition coefficient (Wildman–Crippen LogP) is 5.58. The Kier molecular flexibility index (Phi) is 5.22. The fraction of sp³-hybridized carbons (Fsp3) is 0.250. The first-order valence-electron chi connectivity index (χ1n) is 6.24. The van der Waals surface area contributed by atoms with Gasteiger partial charge in [-0.15, -0.1) is 0 Å². The summed E-state index contributed by atoms with van der Waals surface area (Å²) in [6.45, 7) is 2.09. The van der Waals surface area contributed by atoms with Gasteiger partial charge in [0.2, 0.25) is 0 Å². The molecule has 0 radical (unpaired) electrons. The van der Waals surface area contributed by atoms with Crippen molar-refractivity contribution in [3.05, 3.63) is 63.4 Å². The Morgan fingerprint density at radius 2 is 1.95 bits per heavy atom. The lowest BCUT2D eigenvalue weighted by Gasteiger charge is -2.16. The second-order valence-electron chi connectivity index (χ2n) is 4.61. The maximum Gasteiger partial charge on any atom is 0.141 e. The SMILES string of the molecule is COc1cc(F)c(Br)cc1C(Br)Cc1ccccc1C. The van der Waals surface area contributed by atoms with Crippen LogP contribution in [0.5, 0.6) is 5.75 Å². The van der Waals surface area contributed by atoms with E-state index in [2.05, 4.69) is 50.9 Å². The highest BCUT2D eigenvalue weighted by Crippen LogP contribution is 2.37. The van der Waals surface area contributed by atoms with Crippen molar-refractivity contribution in [3.8, 4) is 5.75 Å². The van der Waals surface area contributed by atoms with Crippen LogP contribution in [-0.2, 0) is 6.42 Å². The lowest BCUT2D eigenvalue weighted by Crippen LogP contribution is -2.01. The Labute approximate surface area is 135 Å². The zero-order valence-corrected chi connectivity index (χ0v) is 14.5. The smallest absolute Gasteiger partial charge is 0.141 e. The van der Waals surface area contributed by atoms with Crippen molar-refractivity contribution in [2.75, 3.05) is 7.11 Å². The molecule has 2 aromatic carbocycles. The monoisotopic (exact) mass is 400 g/mol. The summed E-state index contributed by atoms with van der Waals surface area (Å²) in [6, 6.07) is 11.4. The van der Waals surface area contributed by atoms with Gasteiger partial charge in [-0.3, -0.25) is 0 Å². The molecule has 1 nitrogen and oxygen atoms in total. The molecule has 0 N–H and O–H groups in total. The van der Waals surface area contributed by atoms with E-state index in [1.165, 1.54) is 17.2 Å². The molecule has 4 heteroatoms. The molecule has 0 aliphatic heterocycles. The molecule has 0 saturated heterocycles. The summed E-state index contributed by atoms with van der Waals surface area (Å²) in [4.78, 5) is 0.0652. The van der Waals surface area contributed by atoms with Gasteiger partial charge in [0.15, 0.2) is 0 Å². The molecule has 0 aliphatic carbocycles. The minimum Gasteiger partial charge on any atom is -0.496 e. The first-order valence-corrected chi connectivity index (χ1v) is 7.95. The number of rotatable bonds is 4. The molecule has 0 heterocycles. The summed E-state index contributed by atoms with van der Waals surface area (Å²) >= 11 is 6.91. The van der Waals surface area contributed by atoms with E-state index >= 15 is 0 Å². The lowest BCUT2D eigenvalue weighted by atomic mass is 10.00. The molecule has 1 unspecified atom stereocenters. The van der Waals surface area contributed by atoms with Gasteiger partial charge in [0.05, 0.1) is 11.6 Å². The van der Waals surface area contributed by atoms with Gasteiger partial charge in [-0.2, -0.15) is 0 Å². The van der Waals surface area contributed by atoms with E-state index in [4.69, 9.17) is 4.74 Å². The normalized spacial score (nSPS) is 12.2. The van der Waals surface area contributed by atoms with Crippen molar-refractivity contribution in [1.29, 1.82) is 0 Å². The number of ether oxygens (including phenoxy) is 1. The molecular weight excluding hydrogens is 387 g/mol. The van der Waals surface area contributed by atoms with Gasteiger partial charge in [0.1, 0.15) is 11.6 Å². The molecule has 0 fully saturated rings. The van der Waals surface area contributed by atoms with Crippen LogP contribution in [0.1, 0.15) is 21.5 Å². The second kappa shape index (κ2) is 6.72.